The largest absolute Gasteiger partial charge is 0.496 e. The Balaban J connectivity index is 2.38. The van der Waals surface area contributed by atoms with Gasteiger partial charge >= 0.3 is 0 Å². The lowest BCUT2D eigenvalue weighted by Gasteiger charge is -2.41. The summed E-state index contributed by atoms with van der Waals surface area (Å²) in [5.41, 5.74) is -0.411. The number of piperazine rings is 1. The number of halogens is 1. The zero-order valence-electron chi connectivity index (χ0n) is 11.7. The standard InChI is InChI=1S/C14H17BrN2O3/c1-14(2)13(19)16-6-7-17(14)12(18)10-5-4-9(15)8-11(10)20-3/h4-5,8H,6-7H2,1-3H3,(H,16,19). The maximum atomic E-state index is 12.7. The number of methoxy groups -OCH3 is 1. The number of benzene rings is 1. The molecule has 0 radical (unpaired) electrons. The quantitative estimate of drug-likeness (QED) is 0.893. The van der Waals surface area contributed by atoms with Gasteiger partial charge in [-0.25, -0.2) is 0 Å². The van der Waals surface area contributed by atoms with Crippen molar-refractivity contribution in [3.8, 4) is 5.75 Å². The van der Waals surface area contributed by atoms with Gasteiger partial charge < -0.3 is 15.0 Å². The Kier molecular flexibility index (Phi) is 4.04. The Morgan fingerprint density at radius 2 is 2.15 bits per heavy atom. The van der Waals surface area contributed by atoms with Gasteiger partial charge in [0.05, 0.1) is 12.7 Å². The average Bonchev–Trinajstić information content (AvgIpc) is 2.41. The minimum absolute atomic E-state index is 0.145. The molecule has 1 aliphatic heterocycles. The highest BCUT2D eigenvalue weighted by atomic mass is 79.9. The van der Waals surface area contributed by atoms with E-state index in [1.807, 2.05) is 0 Å². The molecule has 2 rings (SSSR count). The summed E-state index contributed by atoms with van der Waals surface area (Å²) in [6.45, 7) is 4.43. The summed E-state index contributed by atoms with van der Waals surface area (Å²) in [6.07, 6.45) is 0. The van der Waals surface area contributed by atoms with Crippen molar-refractivity contribution in [2.45, 2.75) is 19.4 Å². The summed E-state index contributed by atoms with van der Waals surface area (Å²) in [6, 6.07) is 5.23. The second kappa shape index (κ2) is 5.44. The first-order valence-electron chi connectivity index (χ1n) is 6.31. The number of amides is 2. The van der Waals surface area contributed by atoms with Gasteiger partial charge in [-0.3, -0.25) is 9.59 Å². The van der Waals surface area contributed by atoms with Gasteiger partial charge in [-0.2, -0.15) is 0 Å². The minimum Gasteiger partial charge on any atom is -0.496 e. The third-order valence-electron chi connectivity index (χ3n) is 3.49. The van der Waals surface area contributed by atoms with Gasteiger partial charge in [0.15, 0.2) is 0 Å². The van der Waals surface area contributed by atoms with E-state index in [4.69, 9.17) is 4.74 Å². The Bertz CT molecular complexity index is 557. The Morgan fingerprint density at radius 1 is 1.45 bits per heavy atom. The van der Waals surface area contributed by atoms with Crippen molar-refractivity contribution in [2.24, 2.45) is 0 Å². The molecule has 1 heterocycles. The summed E-state index contributed by atoms with van der Waals surface area (Å²) < 4.78 is 6.09. The number of carbonyl (C=O) groups excluding carboxylic acids is 2. The zero-order valence-corrected chi connectivity index (χ0v) is 13.3. The van der Waals surface area contributed by atoms with Crippen LogP contribution in [-0.4, -0.2) is 42.5 Å². The Morgan fingerprint density at radius 3 is 2.80 bits per heavy atom. The Hall–Kier alpha value is -1.56. The molecule has 0 atom stereocenters. The molecule has 0 aliphatic carbocycles. The summed E-state index contributed by atoms with van der Waals surface area (Å²) in [5, 5.41) is 2.77. The molecule has 0 saturated carbocycles. The van der Waals surface area contributed by atoms with Crippen molar-refractivity contribution in [3.63, 3.8) is 0 Å². The van der Waals surface area contributed by atoms with Crippen LogP contribution >= 0.6 is 15.9 Å². The fourth-order valence-electron chi connectivity index (χ4n) is 2.24. The molecule has 1 aromatic carbocycles. The molecule has 1 aromatic rings. The lowest BCUT2D eigenvalue weighted by molar-refractivity contribution is -0.133. The first-order chi connectivity index (χ1) is 9.37. The predicted octanol–water partition coefficient (Wildman–Crippen LogP) is 1.81. The first kappa shape index (κ1) is 14.8. The van der Waals surface area contributed by atoms with E-state index in [0.717, 1.165) is 4.47 Å². The number of hydrogen-bond donors (Lipinski definition) is 1. The van der Waals surface area contributed by atoms with Gasteiger partial charge in [-0.1, -0.05) is 15.9 Å². The maximum Gasteiger partial charge on any atom is 0.258 e. The van der Waals surface area contributed by atoms with Crippen LogP contribution in [-0.2, 0) is 4.79 Å². The van der Waals surface area contributed by atoms with E-state index in [-0.39, 0.29) is 11.8 Å². The molecule has 1 saturated heterocycles. The number of nitrogens with one attached hydrogen (secondary N) is 1. The van der Waals surface area contributed by atoms with Crippen LogP contribution in [0.15, 0.2) is 22.7 Å². The van der Waals surface area contributed by atoms with E-state index < -0.39 is 5.54 Å². The van der Waals surface area contributed by atoms with Gasteiger partial charge in [-0.15, -0.1) is 0 Å². The van der Waals surface area contributed by atoms with Crippen molar-refractivity contribution in [1.82, 2.24) is 10.2 Å². The summed E-state index contributed by atoms with van der Waals surface area (Å²) in [5.74, 6) is 0.147. The van der Waals surface area contributed by atoms with Gasteiger partial charge in [0.1, 0.15) is 11.3 Å². The summed E-state index contributed by atoms with van der Waals surface area (Å²) in [4.78, 5) is 26.2. The number of ether oxygens (including phenoxy) is 1. The van der Waals surface area contributed by atoms with Crippen molar-refractivity contribution in [2.75, 3.05) is 20.2 Å². The second-order valence-electron chi connectivity index (χ2n) is 5.12. The van der Waals surface area contributed by atoms with E-state index in [9.17, 15) is 9.59 Å². The van der Waals surface area contributed by atoms with Crippen LogP contribution in [0.3, 0.4) is 0 Å². The van der Waals surface area contributed by atoms with Crippen LogP contribution in [0, 0.1) is 0 Å². The van der Waals surface area contributed by atoms with Crippen LogP contribution in [0.4, 0.5) is 0 Å². The third kappa shape index (κ3) is 2.52. The SMILES string of the molecule is COc1cc(Br)ccc1C(=O)N1CCNC(=O)C1(C)C. The molecule has 20 heavy (non-hydrogen) atoms. The van der Waals surface area contributed by atoms with Crippen molar-refractivity contribution in [3.05, 3.63) is 28.2 Å². The van der Waals surface area contributed by atoms with Gasteiger partial charge in [-0.05, 0) is 32.0 Å². The summed E-state index contributed by atoms with van der Waals surface area (Å²) in [7, 11) is 1.52. The molecule has 0 aromatic heterocycles. The van der Waals surface area contributed by atoms with E-state index in [0.29, 0.717) is 24.4 Å². The maximum absolute atomic E-state index is 12.7. The number of hydrogen-bond acceptors (Lipinski definition) is 3. The molecule has 1 fully saturated rings. The first-order valence-corrected chi connectivity index (χ1v) is 7.11. The van der Waals surface area contributed by atoms with E-state index in [1.165, 1.54) is 7.11 Å². The minimum atomic E-state index is -0.868. The lowest BCUT2D eigenvalue weighted by Crippen LogP contribution is -2.63. The molecule has 0 unspecified atom stereocenters. The Labute approximate surface area is 126 Å². The highest BCUT2D eigenvalue weighted by molar-refractivity contribution is 9.10. The predicted molar refractivity (Wildman–Crippen MR) is 78.8 cm³/mol. The van der Waals surface area contributed by atoms with Crippen molar-refractivity contribution >= 4 is 27.7 Å². The third-order valence-corrected chi connectivity index (χ3v) is 3.98. The monoisotopic (exact) mass is 340 g/mol. The molecule has 2 amide bonds. The van der Waals surface area contributed by atoms with Crippen LogP contribution in [0.1, 0.15) is 24.2 Å². The average molecular weight is 341 g/mol. The molecule has 108 valence electrons. The zero-order chi connectivity index (χ0) is 14.9. The molecular weight excluding hydrogens is 324 g/mol. The number of carbonyl (C=O) groups is 2. The molecule has 6 heteroatoms. The molecular formula is C14H17BrN2O3. The highest BCUT2D eigenvalue weighted by Gasteiger charge is 2.41. The fourth-order valence-corrected chi connectivity index (χ4v) is 2.58. The highest BCUT2D eigenvalue weighted by Crippen LogP contribution is 2.28. The number of rotatable bonds is 2. The second-order valence-corrected chi connectivity index (χ2v) is 6.03. The molecule has 5 nitrogen and oxygen atoms in total. The van der Waals surface area contributed by atoms with Crippen LogP contribution < -0.4 is 10.1 Å². The van der Waals surface area contributed by atoms with Gasteiger partial charge in [0.25, 0.3) is 5.91 Å². The number of nitrogens with zero attached hydrogens (tertiary/aromatic N) is 1. The van der Waals surface area contributed by atoms with Crippen molar-refractivity contribution in [1.29, 1.82) is 0 Å². The van der Waals surface area contributed by atoms with Crippen LogP contribution in [0.25, 0.3) is 0 Å². The van der Waals surface area contributed by atoms with Crippen molar-refractivity contribution < 1.29 is 14.3 Å². The molecule has 1 N–H and O–H groups in total. The smallest absolute Gasteiger partial charge is 0.258 e. The molecule has 1 aliphatic rings. The normalized spacial score (nSPS) is 17.6. The van der Waals surface area contributed by atoms with Gasteiger partial charge in [0.2, 0.25) is 5.91 Å². The van der Waals surface area contributed by atoms with E-state index in [1.54, 1.807) is 36.9 Å². The van der Waals surface area contributed by atoms with E-state index >= 15 is 0 Å². The van der Waals surface area contributed by atoms with Gasteiger partial charge in [0, 0.05) is 17.6 Å². The van der Waals surface area contributed by atoms with Crippen LogP contribution in [0.5, 0.6) is 5.75 Å². The summed E-state index contributed by atoms with van der Waals surface area (Å²) >= 11 is 3.35. The van der Waals surface area contributed by atoms with E-state index in [2.05, 4.69) is 21.2 Å². The molecule has 0 bridgehead atoms. The topological polar surface area (TPSA) is 58.6 Å². The lowest BCUT2D eigenvalue weighted by atomic mass is 9.97. The molecule has 0 spiro atoms. The van der Waals surface area contributed by atoms with Crippen LogP contribution in [0.2, 0.25) is 0 Å². The fraction of sp³-hybridized carbons (Fsp3) is 0.429.